The molecule has 0 saturated carbocycles. The molecule has 136 valence electrons. The molecule has 0 aliphatic carbocycles. The van der Waals surface area contributed by atoms with Crippen LogP contribution in [0, 0.1) is 5.92 Å². The van der Waals surface area contributed by atoms with E-state index in [4.69, 9.17) is 10.5 Å². The summed E-state index contributed by atoms with van der Waals surface area (Å²) in [6.07, 6.45) is 3.54. The minimum absolute atomic E-state index is 0.555. The van der Waals surface area contributed by atoms with Gasteiger partial charge in [-0.25, -0.2) is 9.97 Å². The highest BCUT2D eigenvalue weighted by molar-refractivity contribution is 5.91. The van der Waals surface area contributed by atoms with Gasteiger partial charge in [-0.15, -0.1) is 0 Å². The van der Waals surface area contributed by atoms with Crippen molar-refractivity contribution in [3.8, 4) is 5.75 Å². The van der Waals surface area contributed by atoms with Crippen LogP contribution in [0.2, 0.25) is 0 Å². The van der Waals surface area contributed by atoms with Crippen LogP contribution in [0.3, 0.4) is 0 Å². The van der Waals surface area contributed by atoms with Gasteiger partial charge in [-0.2, -0.15) is 0 Å². The normalized spacial score (nSPS) is 12.1. The molecule has 5 nitrogen and oxygen atoms in total. The second kappa shape index (κ2) is 8.52. The lowest BCUT2D eigenvalue weighted by Gasteiger charge is -2.15. The van der Waals surface area contributed by atoms with E-state index in [1.807, 2.05) is 36.4 Å². The largest absolute Gasteiger partial charge is 0.493 e. The van der Waals surface area contributed by atoms with E-state index in [1.165, 1.54) is 5.56 Å². The van der Waals surface area contributed by atoms with E-state index in [9.17, 15) is 0 Å². The molecule has 0 spiro atoms. The van der Waals surface area contributed by atoms with E-state index < -0.39 is 0 Å². The van der Waals surface area contributed by atoms with Gasteiger partial charge in [-0.05, 0) is 42.2 Å². The summed E-state index contributed by atoms with van der Waals surface area (Å²) in [5.41, 5.74) is 8.69. The maximum atomic E-state index is 6.01. The summed E-state index contributed by atoms with van der Waals surface area (Å²) < 4.78 is 6.01. The number of nitrogens with one attached hydrogen (secondary N) is 1. The first-order valence-corrected chi connectivity index (χ1v) is 9.12. The van der Waals surface area contributed by atoms with Crippen LogP contribution in [-0.4, -0.2) is 23.1 Å². The van der Waals surface area contributed by atoms with Crippen LogP contribution < -0.4 is 15.8 Å². The van der Waals surface area contributed by atoms with Crippen molar-refractivity contribution < 1.29 is 4.74 Å². The van der Waals surface area contributed by atoms with Gasteiger partial charge in [0, 0.05) is 17.6 Å². The number of rotatable bonds is 8. The average Bonchev–Trinajstić information content (AvgIpc) is 2.67. The van der Waals surface area contributed by atoms with E-state index in [2.05, 4.69) is 35.2 Å². The third-order valence-electron chi connectivity index (χ3n) is 4.54. The van der Waals surface area contributed by atoms with Crippen LogP contribution >= 0.6 is 0 Å². The summed E-state index contributed by atoms with van der Waals surface area (Å²) in [6.45, 7) is 5.89. The maximum Gasteiger partial charge on any atom is 0.137 e. The van der Waals surface area contributed by atoms with Crippen molar-refractivity contribution in [1.29, 1.82) is 0 Å². The van der Waals surface area contributed by atoms with Crippen molar-refractivity contribution in [2.75, 3.05) is 24.2 Å². The molecule has 0 amide bonds. The fourth-order valence-corrected chi connectivity index (χ4v) is 2.73. The molecular weight excluding hydrogens is 324 g/mol. The monoisotopic (exact) mass is 350 g/mol. The van der Waals surface area contributed by atoms with Gasteiger partial charge in [0.05, 0.1) is 12.1 Å². The van der Waals surface area contributed by atoms with E-state index in [1.54, 1.807) is 6.33 Å². The van der Waals surface area contributed by atoms with Crippen molar-refractivity contribution in [3.63, 3.8) is 0 Å². The van der Waals surface area contributed by atoms with Crippen molar-refractivity contribution >= 4 is 22.4 Å². The van der Waals surface area contributed by atoms with Crippen LogP contribution in [0.4, 0.5) is 11.5 Å². The molecule has 0 aliphatic heterocycles. The fourth-order valence-electron chi connectivity index (χ4n) is 2.73. The van der Waals surface area contributed by atoms with Crippen molar-refractivity contribution in [1.82, 2.24) is 9.97 Å². The van der Waals surface area contributed by atoms with E-state index in [0.717, 1.165) is 48.5 Å². The summed E-state index contributed by atoms with van der Waals surface area (Å²) in [5, 5.41) is 4.34. The van der Waals surface area contributed by atoms with E-state index in [-0.39, 0.29) is 0 Å². The van der Waals surface area contributed by atoms with Gasteiger partial charge in [-0.3, -0.25) is 0 Å². The number of fused-ring (bicyclic) bond motifs is 1. The lowest BCUT2D eigenvalue weighted by atomic mass is 10.1. The summed E-state index contributed by atoms with van der Waals surface area (Å²) >= 11 is 0. The quantitative estimate of drug-likeness (QED) is 0.593. The Morgan fingerprint density at radius 1 is 1.15 bits per heavy atom. The molecule has 2 aromatic carbocycles. The molecule has 3 N–H and O–H groups in total. The predicted molar refractivity (Wildman–Crippen MR) is 108 cm³/mol. The third kappa shape index (κ3) is 4.42. The number of hydrogen-bond acceptors (Lipinski definition) is 5. The Labute approximate surface area is 154 Å². The number of anilines is 2. The Morgan fingerprint density at radius 3 is 2.85 bits per heavy atom. The number of nitrogens with two attached hydrogens (primary N) is 1. The summed E-state index contributed by atoms with van der Waals surface area (Å²) in [4.78, 5) is 8.65. The zero-order valence-corrected chi connectivity index (χ0v) is 15.4. The highest BCUT2D eigenvalue weighted by Crippen LogP contribution is 2.23. The molecule has 0 saturated heterocycles. The van der Waals surface area contributed by atoms with Crippen molar-refractivity contribution in [2.45, 2.75) is 26.7 Å². The first kappa shape index (κ1) is 18.0. The Bertz CT molecular complexity index is 866. The number of ether oxygens (including phenoxy) is 1. The Hall–Kier alpha value is -2.82. The van der Waals surface area contributed by atoms with Crippen LogP contribution in [0.1, 0.15) is 25.8 Å². The highest BCUT2D eigenvalue weighted by Gasteiger charge is 2.07. The summed E-state index contributed by atoms with van der Waals surface area (Å²) in [7, 11) is 0. The lowest BCUT2D eigenvalue weighted by Crippen LogP contribution is -2.11. The highest BCUT2D eigenvalue weighted by atomic mass is 16.5. The zero-order chi connectivity index (χ0) is 18.4. The van der Waals surface area contributed by atoms with Gasteiger partial charge >= 0.3 is 0 Å². The molecule has 1 atom stereocenters. The molecule has 0 radical (unpaired) electrons. The van der Waals surface area contributed by atoms with Gasteiger partial charge in [0.25, 0.3) is 0 Å². The standard InChI is InChI=1S/C21H26N4O/c1-3-15(2)13-26-20-7-5-4-6-16(20)10-11-23-21-18-12-17(22)8-9-19(18)24-14-25-21/h4-9,12,14-15H,3,10-11,13,22H2,1-2H3,(H,23,24,25). The van der Waals surface area contributed by atoms with Crippen LogP contribution in [0.15, 0.2) is 48.8 Å². The molecule has 3 rings (SSSR count). The van der Waals surface area contributed by atoms with Gasteiger partial charge < -0.3 is 15.8 Å². The van der Waals surface area contributed by atoms with Crippen LogP contribution in [0.5, 0.6) is 5.75 Å². The van der Waals surface area contributed by atoms with Gasteiger partial charge in [-0.1, -0.05) is 38.5 Å². The Kier molecular flexibility index (Phi) is 5.89. The molecule has 3 aromatic rings. The van der Waals surface area contributed by atoms with Crippen molar-refractivity contribution in [3.05, 3.63) is 54.4 Å². The number of aromatic nitrogens is 2. The zero-order valence-electron chi connectivity index (χ0n) is 15.4. The molecule has 0 fully saturated rings. The van der Waals surface area contributed by atoms with Gasteiger partial charge in [0.1, 0.15) is 17.9 Å². The van der Waals surface area contributed by atoms with Gasteiger partial charge in [0.2, 0.25) is 0 Å². The van der Waals surface area contributed by atoms with Crippen molar-refractivity contribution in [2.24, 2.45) is 5.92 Å². The first-order chi connectivity index (χ1) is 12.7. The van der Waals surface area contributed by atoms with Gasteiger partial charge in [0.15, 0.2) is 0 Å². The van der Waals surface area contributed by atoms with Crippen LogP contribution in [-0.2, 0) is 6.42 Å². The topological polar surface area (TPSA) is 73.1 Å². The smallest absolute Gasteiger partial charge is 0.137 e. The number of para-hydroxylation sites is 1. The summed E-state index contributed by atoms with van der Waals surface area (Å²) in [5.74, 6) is 2.32. The Balaban J connectivity index is 1.66. The maximum absolute atomic E-state index is 6.01. The Morgan fingerprint density at radius 2 is 2.00 bits per heavy atom. The third-order valence-corrected chi connectivity index (χ3v) is 4.54. The fraction of sp³-hybridized carbons (Fsp3) is 0.333. The molecule has 0 bridgehead atoms. The average molecular weight is 350 g/mol. The number of nitrogens with zero attached hydrogens (tertiary/aromatic N) is 2. The molecule has 1 aromatic heterocycles. The first-order valence-electron chi connectivity index (χ1n) is 9.12. The molecule has 1 unspecified atom stereocenters. The number of benzene rings is 2. The second-order valence-corrected chi connectivity index (χ2v) is 6.61. The molecular formula is C21H26N4O. The predicted octanol–water partition coefficient (Wildman–Crippen LogP) is 4.29. The number of hydrogen-bond donors (Lipinski definition) is 2. The molecule has 0 aliphatic rings. The molecule has 5 heteroatoms. The summed E-state index contributed by atoms with van der Waals surface area (Å²) in [6, 6.07) is 13.9. The molecule has 1 heterocycles. The minimum Gasteiger partial charge on any atom is -0.493 e. The second-order valence-electron chi connectivity index (χ2n) is 6.61. The minimum atomic E-state index is 0.555. The number of nitrogen functional groups attached to an aromatic ring is 1. The van der Waals surface area contributed by atoms with Crippen LogP contribution in [0.25, 0.3) is 10.9 Å². The van der Waals surface area contributed by atoms with E-state index >= 15 is 0 Å². The molecule has 26 heavy (non-hydrogen) atoms. The van der Waals surface area contributed by atoms with E-state index in [0.29, 0.717) is 11.6 Å². The lowest BCUT2D eigenvalue weighted by molar-refractivity contribution is 0.254. The SMILES string of the molecule is CCC(C)COc1ccccc1CCNc1ncnc2ccc(N)cc12.